The summed E-state index contributed by atoms with van der Waals surface area (Å²) < 4.78 is 17.8. The topological polar surface area (TPSA) is 89.4 Å². The molecule has 0 aliphatic heterocycles. The zero-order valence-electron chi connectivity index (χ0n) is 10.7. The first-order valence-electron chi connectivity index (χ1n) is 5.62. The molecule has 21 heavy (non-hydrogen) atoms. The Labute approximate surface area is 123 Å². The van der Waals surface area contributed by atoms with Crippen molar-refractivity contribution < 1.29 is 23.8 Å². The van der Waals surface area contributed by atoms with Crippen molar-refractivity contribution in [3.63, 3.8) is 0 Å². The minimum Gasteiger partial charge on any atom is -0.478 e. The highest BCUT2D eigenvalue weighted by atomic mass is 32.2. The molecule has 0 radical (unpaired) electrons. The van der Waals surface area contributed by atoms with Crippen LogP contribution in [-0.2, 0) is 4.74 Å². The average Bonchev–Trinajstić information content (AvgIpc) is 2.48. The Morgan fingerprint density at radius 1 is 1.33 bits per heavy atom. The van der Waals surface area contributed by atoms with Gasteiger partial charge in [0.2, 0.25) is 0 Å². The monoisotopic (exact) mass is 308 g/mol. The fraction of sp³-hybridized carbons (Fsp3) is 0.0769. The van der Waals surface area contributed by atoms with E-state index in [2.05, 4.69) is 14.7 Å². The van der Waals surface area contributed by atoms with Crippen molar-refractivity contribution in [3.8, 4) is 0 Å². The van der Waals surface area contributed by atoms with Crippen molar-refractivity contribution in [2.75, 3.05) is 7.11 Å². The fourth-order valence-electron chi connectivity index (χ4n) is 1.45. The van der Waals surface area contributed by atoms with Gasteiger partial charge in [0.15, 0.2) is 5.69 Å². The number of carbonyl (C=O) groups is 2. The Bertz CT molecular complexity index is 708. The lowest BCUT2D eigenvalue weighted by molar-refractivity contribution is 0.0591. The first kappa shape index (κ1) is 14.9. The molecule has 0 unspecified atom stereocenters. The molecule has 1 N–H and O–H groups in total. The summed E-state index contributed by atoms with van der Waals surface area (Å²) in [6.45, 7) is 0. The Morgan fingerprint density at radius 2 is 2.10 bits per heavy atom. The van der Waals surface area contributed by atoms with Crippen LogP contribution in [0.1, 0.15) is 20.8 Å². The molecule has 0 saturated heterocycles. The second-order valence-corrected chi connectivity index (χ2v) is 4.88. The quantitative estimate of drug-likeness (QED) is 0.866. The van der Waals surface area contributed by atoms with Crippen LogP contribution in [0.15, 0.2) is 40.5 Å². The molecule has 0 atom stereocenters. The van der Waals surface area contributed by atoms with Gasteiger partial charge in [-0.3, -0.25) is 4.98 Å². The van der Waals surface area contributed by atoms with Crippen molar-refractivity contribution in [2.24, 2.45) is 0 Å². The van der Waals surface area contributed by atoms with Gasteiger partial charge in [0.05, 0.1) is 25.1 Å². The van der Waals surface area contributed by atoms with Crippen LogP contribution in [0.2, 0.25) is 0 Å². The predicted octanol–water partition coefficient (Wildman–Crippen LogP) is 2.25. The number of aromatic nitrogens is 2. The van der Waals surface area contributed by atoms with Crippen LogP contribution in [-0.4, -0.2) is 34.1 Å². The molecule has 2 rings (SSSR count). The molecule has 0 bridgehead atoms. The zero-order chi connectivity index (χ0) is 15.4. The van der Waals surface area contributed by atoms with Crippen molar-refractivity contribution in [2.45, 2.75) is 9.92 Å². The molecular formula is C13H9FN2O4S. The van der Waals surface area contributed by atoms with Gasteiger partial charge in [-0.15, -0.1) is 0 Å². The number of esters is 1. The third-order valence-corrected chi connectivity index (χ3v) is 3.29. The molecule has 0 spiro atoms. The minimum absolute atomic E-state index is 0.0306. The lowest BCUT2D eigenvalue weighted by Crippen LogP contribution is -2.05. The minimum atomic E-state index is -1.36. The number of ether oxygens (including phenoxy) is 1. The van der Waals surface area contributed by atoms with E-state index in [4.69, 9.17) is 5.11 Å². The molecule has 0 amide bonds. The van der Waals surface area contributed by atoms with Crippen LogP contribution < -0.4 is 0 Å². The van der Waals surface area contributed by atoms with Crippen LogP contribution in [0.4, 0.5) is 4.39 Å². The summed E-state index contributed by atoms with van der Waals surface area (Å²) in [7, 11) is 1.23. The van der Waals surface area contributed by atoms with Gasteiger partial charge in [-0.05, 0) is 18.2 Å². The number of nitrogens with zero attached hydrogens (tertiary/aromatic N) is 2. The normalized spacial score (nSPS) is 10.2. The summed E-state index contributed by atoms with van der Waals surface area (Å²) in [5.41, 5.74) is -0.403. The van der Waals surface area contributed by atoms with Gasteiger partial charge in [-0.1, -0.05) is 11.8 Å². The van der Waals surface area contributed by atoms with E-state index >= 15 is 0 Å². The first-order valence-corrected chi connectivity index (χ1v) is 6.44. The number of halogens is 1. The van der Waals surface area contributed by atoms with E-state index in [0.717, 1.165) is 17.8 Å². The van der Waals surface area contributed by atoms with E-state index in [1.165, 1.54) is 31.6 Å². The second kappa shape index (κ2) is 6.31. The van der Waals surface area contributed by atoms with Crippen LogP contribution in [0.5, 0.6) is 0 Å². The zero-order valence-corrected chi connectivity index (χ0v) is 11.6. The molecule has 2 aromatic rings. The van der Waals surface area contributed by atoms with E-state index < -0.39 is 23.3 Å². The smallest absolute Gasteiger partial charge is 0.358 e. The Hall–Kier alpha value is -2.48. The lowest BCUT2D eigenvalue weighted by Gasteiger charge is -2.04. The van der Waals surface area contributed by atoms with Gasteiger partial charge < -0.3 is 9.84 Å². The maximum Gasteiger partial charge on any atom is 0.358 e. The highest BCUT2D eigenvalue weighted by Crippen LogP contribution is 2.27. The third-order valence-electron chi connectivity index (χ3n) is 2.40. The highest BCUT2D eigenvalue weighted by molar-refractivity contribution is 7.99. The summed E-state index contributed by atoms with van der Waals surface area (Å²) in [5, 5.41) is 9.23. The summed E-state index contributed by atoms with van der Waals surface area (Å²) in [5.74, 6) is -2.80. The molecule has 1 aromatic carbocycles. The summed E-state index contributed by atoms with van der Waals surface area (Å²) in [4.78, 5) is 30.5. The maximum absolute atomic E-state index is 13.3. The Kier molecular flexibility index (Phi) is 4.49. The van der Waals surface area contributed by atoms with Crippen molar-refractivity contribution in [1.29, 1.82) is 0 Å². The van der Waals surface area contributed by atoms with Gasteiger partial charge in [-0.2, -0.15) is 0 Å². The molecule has 6 nitrogen and oxygen atoms in total. The Morgan fingerprint density at radius 3 is 2.76 bits per heavy atom. The molecule has 0 aliphatic rings. The van der Waals surface area contributed by atoms with Crippen LogP contribution in [0.25, 0.3) is 0 Å². The summed E-state index contributed by atoms with van der Waals surface area (Å²) >= 11 is 1.06. The number of rotatable bonds is 4. The van der Waals surface area contributed by atoms with E-state index in [1.54, 1.807) is 0 Å². The number of hydrogen-bond acceptors (Lipinski definition) is 6. The first-order chi connectivity index (χ1) is 10.0. The number of aromatic carboxylic acids is 1. The molecule has 1 heterocycles. The molecule has 0 aliphatic carbocycles. The van der Waals surface area contributed by atoms with E-state index in [1.807, 2.05) is 0 Å². The molecule has 108 valence electrons. The number of carbonyl (C=O) groups excluding carboxylic acids is 1. The van der Waals surface area contributed by atoms with Gasteiger partial charge in [0.1, 0.15) is 10.8 Å². The van der Waals surface area contributed by atoms with Crippen LogP contribution in [0, 0.1) is 5.82 Å². The predicted molar refractivity (Wildman–Crippen MR) is 70.9 cm³/mol. The summed E-state index contributed by atoms with van der Waals surface area (Å²) in [6, 6.07) is 3.66. The third kappa shape index (κ3) is 3.54. The van der Waals surface area contributed by atoms with E-state index in [-0.39, 0.29) is 5.69 Å². The number of carboxylic acids is 1. The van der Waals surface area contributed by atoms with Crippen molar-refractivity contribution in [3.05, 3.63) is 47.7 Å². The standard InChI is InChI=1S/C13H9FN2O4S/c1-20-13(19)10-5-15-6-11(16-10)21-7-2-3-9(14)8(4-7)12(17)18/h2-6H,1H3,(H,17,18). The number of carboxylic acid groups (broad SMARTS) is 1. The van der Waals surface area contributed by atoms with Gasteiger partial charge >= 0.3 is 11.9 Å². The average molecular weight is 308 g/mol. The molecule has 0 saturated carbocycles. The Balaban J connectivity index is 2.28. The van der Waals surface area contributed by atoms with Gasteiger partial charge in [0, 0.05) is 4.90 Å². The molecule has 1 aromatic heterocycles. The van der Waals surface area contributed by atoms with Gasteiger partial charge in [0.25, 0.3) is 0 Å². The number of hydrogen-bond donors (Lipinski definition) is 1. The fourth-order valence-corrected chi connectivity index (χ4v) is 2.26. The van der Waals surface area contributed by atoms with Gasteiger partial charge in [-0.25, -0.2) is 19.0 Å². The SMILES string of the molecule is COC(=O)c1cncc(Sc2ccc(F)c(C(=O)O)c2)n1. The summed E-state index contributed by atoms with van der Waals surface area (Å²) in [6.07, 6.45) is 2.66. The van der Waals surface area contributed by atoms with Crippen molar-refractivity contribution in [1.82, 2.24) is 9.97 Å². The number of benzene rings is 1. The van der Waals surface area contributed by atoms with Crippen LogP contribution in [0.3, 0.4) is 0 Å². The largest absolute Gasteiger partial charge is 0.478 e. The van der Waals surface area contributed by atoms with E-state index in [9.17, 15) is 14.0 Å². The highest BCUT2D eigenvalue weighted by Gasteiger charge is 2.13. The van der Waals surface area contributed by atoms with Crippen molar-refractivity contribution >= 4 is 23.7 Å². The molecular weight excluding hydrogens is 299 g/mol. The molecule has 8 heteroatoms. The number of methoxy groups -OCH3 is 1. The molecule has 0 fully saturated rings. The maximum atomic E-state index is 13.3. The lowest BCUT2D eigenvalue weighted by atomic mass is 10.2. The van der Waals surface area contributed by atoms with E-state index in [0.29, 0.717) is 9.92 Å². The van der Waals surface area contributed by atoms with Crippen LogP contribution >= 0.6 is 11.8 Å². The second-order valence-electron chi connectivity index (χ2n) is 3.78.